The number of pyridine rings is 2. The number of carbonyl (C=O) groups excluding carboxylic acids is 1. The van der Waals surface area contributed by atoms with E-state index in [9.17, 15) is 4.79 Å². The van der Waals surface area contributed by atoms with Crippen LogP contribution in [0.3, 0.4) is 0 Å². The van der Waals surface area contributed by atoms with Gasteiger partial charge >= 0.3 is 6.09 Å². The van der Waals surface area contributed by atoms with Crippen molar-refractivity contribution in [1.82, 2.24) is 14.5 Å². The predicted octanol–water partition coefficient (Wildman–Crippen LogP) is 15.0. The second kappa shape index (κ2) is 17.9. The molecule has 0 aliphatic heterocycles. The third-order valence-corrected chi connectivity index (χ3v) is 15.8. The molecule has 2 aromatic heterocycles. The third-order valence-electron chi connectivity index (χ3n) is 15.8. The number of ether oxygens (including phenoxy) is 2. The second-order valence-corrected chi connectivity index (χ2v) is 23.2. The van der Waals surface area contributed by atoms with Gasteiger partial charge in [0.15, 0.2) is 0 Å². The Morgan fingerprint density at radius 1 is 0.455 bits per heavy atom. The first kappa shape index (κ1) is 49.5. The molecule has 1 amide bonds. The van der Waals surface area contributed by atoms with Gasteiger partial charge in [-0.3, -0.25) is 19.2 Å². The number of hydrogen-bond acceptors (Lipinski definition) is 7. The SMILES string of the molecule is CC(C)c1cccc(C(C)C)c1-n1c(=O)c2ccc3c4c(Oc5ccc(CCNC(=O)OC(C)(C)C)cc5)cc5c(=O)n(-c6c(C(C)C)cccc6C(C)C)c(=O)c6cc7c8ccccc8c8cc(c1=O)c2c3c8c7c4c56. The highest BCUT2D eigenvalue weighted by atomic mass is 16.6. The largest absolute Gasteiger partial charge is 0.457 e. The molecule has 0 aliphatic carbocycles. The number of hydrogen-bond donors (Lipinski definition) is 1. The van der Waals surface area contributed by atoms with E-state index in [-0.39, 0.29) is 23.7 Å². The number of nitrogens with one attached hydrogen (secondary N) is 1. The first-order valence-corrected chi connectivity index (χ1v) is 26.9. The average Bonchev–Trinajstić information content (AvgIpc) is 2.87. The first-order chi connectivity index (χ1) is 36.7. The summed E-state index contributed by atoms with van der Waals surface area (Å²) in [4.78, 5) is 75.1. The minimum atomic E-state index is -0.618. The van der Waals surface area contributed by atoms with Crippen molar-refractivity contribution in [1.29, 1.82) is 0 Å². The molecule has 0 atom stereocenters. The van der Waals surface area contributed by atoms with Gasteiger partial charge in [-0.2, -0.15) is 0 Å². The molecule has 10 heteroatoms. The normalized spacial score (nSPS) is 12.7. The van der Waals surface area contributed by atoms with Crippen molar-refractivity contribution in [2.75, 3.05) is 6.54 Å². The summed E-state index contributed by atoms with van der Waals surface area (Å²) in [5.74, 6) is 0.910. The molecule has 386 valence electrons. The third kappa shape index (κ3) is 7.53. The number of benzene rings is 10. The number of amides is 1. The molecule has 0 saturated carbocycles. The molecule has 12 aromatic rings. The van der Waals surface area contributed by atoms with Gasteiger partial charge in [0.25, 0.3) is 22.2 Å². The van der Waals surface area contributed by atoms with Crippen molar-refractivity contribution in [3.8, 4) is 22.9 Å². The number of alkyl carbamates (subject to hydrolysis) is 1. The van der Waals surface area contributed by atoms with E-state index in [1.54, 1.807) is 6.07 Å². The van der Waals surface area contributed by atoms with E-state index in [0.717, 1.165) is 70.9 Å². The van der Waals surface area contributed by atoms with Crippen molar-refractivity contribution in [3.63, 3.8) is 0 Å². The van der Waals surface area contributed by atoms with Crippen LogP contribution in [0, 0.1) is 0 Å². The highest BCUT2D eigenvalue weighted by Crippen LogP contribution is 2.53. The molecule has 0 radical (unpaired) electrons. The summed E-state index contributed by atoms with van der Waals surface area (Å²) in [5, 5.41) is 13.4. The van der Waals surface area contributed by atoms with Gasteiger partial charge < -0.3 is 14.8 Å². The molecule has 0 bridgehead atoms. The quantitative estimate of drug-likeness (QED) is 0.101. The van der Waals surface area contributed by atoms with Gasteiger partial charge in [-0.15, -0.1) is 0 Å². The molecule has 0 aliphatic rings. The van der Waals surface area contributed by atoms with E-state index in [0.29, 0.717) is 78.9 Å². The Kier molecular flexibility index (Phi) is 11.5. The number of aromatic nitrogens is 2. The number of rotatable bonds is 11. The van der Waals surface area contributed by atoms with Crippen LogP contribution >= 0.6 is 0 Å². The van der Waals surface area contributed by atoms with Crippen LogP contribution in [-0.4, -0.2) is 27.4 Å². The smallest absolute Gasteiger partial charge is 0.407 e. The number of carbonyl (C=O) groups is 1. The minimum Gasteiger partial charge on any atom is -0.457 e. The molecule has 0 saturated heterocycles. The Labute approximate surface area is 444 Å². The molecule has 77 heavy (non-hydrogen) atoms. The van der Waals surface area contributed by atoms with Crippen molar-refractivity contribution >= 4 is 92.3 Å². The zero-order valence-electron chi connectivity index (χ0n) is 45.4. The standard InChI is InChI=1S/C67H61N3O7/c1-33(2)39-18-14-19-40(34(3)4)60(39)69-62(71)46-27-26-45-55-52(76-38-24-22-37(23-25-38)28-29-68-66(75)77-67(9,10)11)32-51-54-50(64(73)70(65(51)74)61-41(35(5)6)20-15-21-42(61)36(7)8)31-48-44-17-13-12-16-43(44)47-30-49(63(69)72)53(46)56(45)57(47)58(48)59(54)55/h12-27,30-36H,28-29H2,1-11H3,(H,68,75). The minimum absolute atomic E-state index is 0.00543. The van der Waals surface area contributed by atoms with Crippen LogP contribution in [0.4, 0.5) is 4.79 Å². The number of nitrogens with zero attached hydrogens (tertiary/aromatic N) is 2. The van der Waals surface area contributed by atoms with Gasteiger partial charge in [-0.1, -0.05) is 134 Å². The zero-order chi connectivity index (χ0) is 54.3. The van der Waals surface area contributed by atoms with Crippen molar-refractivity contribution in [2.24, 2.45) is 0 Å². The highest BCUT2D eigenvalue weighted by Gasteiger charge is 2.32. The number of para-hydroxylation sites is 2. The highest BCUT2D eigenvalue weighted by molar-refractivity contribution is 6.49. The molecule has 0 fully saturated rings. The fourth-order valence-corrected chi connectivity index (χ4v) is 12.4. The molecular formula is C67H61N3O7. The fraction of sp³-hybridized carbons (Fsp3) is 0.269. The van der Waals surface area contributed by atoms with Crippen LogP contribution < -0.4 is 32.3 Å². The molecule has 1 N–H and O–H groups in total. The van der Waals surface area contributed by atoms with Gasteiger partial charge in [0, 0.05) is 44.2 Å². The lowest BCUT2D eigenvalue weighted by atomic mass is 9.80. The Balaban J connectivity index is 1.22. The van der Waals surface area contributed by atoms with Crippen LogP contribution in [0.1, 0.15) is 128 Å². The maximum atomic E-state index is 15.8. The molecule has 0 unspecified atom stereocenters. The van der Waals surface area contributed by atoms with Crippen molar-refractivity contribution < 1.29 is 14.3 Å². The van der Waals surface area contributed by atoms with Crippen LogP contribution in [0.25, 0.3) is 97.6 Å². The van der Waals surface area contributed by atoms with Gasteiger partial charge in [-0.05, 0) is 158 Å². The summed E-state index contributed by atoms with van der Waals surface area (Å²) < 4.78 is 15.4. The van der Waals surface area contributed by atoms with E-state index in [4.69, 9.17) is 9.47 Å². The predicted molar refractivity (Wildman–Crippen MR) is 316 cm³/mol. The molecule has 10 nitrogen and oxygen atoms in total. The molecule has 10 aromatic carbocycles. The second-order valence-electron chi connectivity index (χ2n) is 23.2. The fourth-order valence-electron chi connectivity index (χ4n) is 12.4. The molecule has 12 rings (SSSR count). The van der Waals surface area contributed by atoms with E-state index in [2.05, 4.69) is 72.8 Å². The van der Waals surface area contributed by atoms with Crippen LogP contribution in [0.15, 0.2) is 134 Å². The lowest BCUT2D eigenvalue weighted by Gasteiger charge is -2.25. The zero-order valence-corrected chi connectivity index (χ0v) is 45.4. The summed E-state index contributed by atoms with van der Waals surface area (Å²) in [6.07, 6.45) is 0.0541. The van der Waals surface area contributed by atoms with E-state index < -0.39 is 33.9 Å². The Morgan fingerprint density at radius 2 is 0.883 bits per heavy atom. The lowest BCUT2D eigenvalue weighted by Crippen LogP contribution is -2.34. The Morgan fingerprint density at radius 3 is 1.36 bits per heavy atom. The summed E-state index contributed by atoms with van der Waals surface area (Å²) in [7, 11) is 0. The maximum Gasteiger partial charge on any atom is 0.407 e. The van der Waals surface area contributed by atoms with Crippen LogP contribution in [0.2, 0.25) is 0 Å². The molecular weight excluding hydrogens is 959 g/mol. The van der Waals surface area contributed by atoms with Gasteiger partial charge in [0.05, 0.1) is 16.8 Å². The summed E-state index contributed by atoms with van der Waals surface area (Å²) >= 11 is 0. The molecule has 2 heterocycles. The first-order valence-electron chi connectivity index (χ1n) is 26.9. The van der Waals surface area contributed by atoms with E-state index >= 15 is 19.2 Å². The Bertz CT molecular complexity index is 4580. The monoisotopic (exact) mass is 1020 g/mol. The average molecular weight is 1020 g/mol. The van der Waals surface area contributed by atoms with Gasteiger partial charge in [0.2, 0.25) is 0 Å². The maximum absolute atomic E-state index is 15.8. The van der Waals surface area contributed by atoms with E-state index in [1.165, 1.54) is 9.13 Å². The van der Waals surface area contributed by atoms with Gasteiger partial charge in [-0.25, -0.2) is 13.9 Å². The van der Waals surface area contributed by atoms with Crippen LogP contribution in [-0.2, 0) is 11.2 Å². The van der Waals surface area contributed by atoms with Crippen molar-refractivity contribution in [2.45, 2.75) is 112 Å². The van der Waals surface area contributed by atoms with Gasteiger partial charge in [0.1, 0.15) is 17.1 Å². The number of fused-ring (bicyclic) bond motifs is 4. The lowest BCUT2D eigenvalue weighted by molar-refractivity contribution is 0.0528. The van der Waals surface area contributed by atoms with E-state index in [1.807, 2.05) is 118 Å². The van der Waals surface area contributed by atoms with Crippen LogP contribution in [0.5, 0.6) is 11.5 Å². The van der Waals surface area contributed by atoms with Crippen molar-refractivity contribution in [3.05, 3.63) is 184 Å². The topological polar surface area (TPSA) is 126 Å². The Hall–Kier alpha value is -8.37. The summed E-state index contributed by atoms with van der Waals surface area (Å²) in [6.45, 7) is 22.5. The summed E-state index contributed by atoms with van der Waals surface area (Å²) in [6, 6.07) is 37.3. The molecule has 0 spiro atoms. The summed E-state index contributed by atoms with van der Waals surface area (Å²) in [5.41, 5.74) is 3.54.